The Morgan fingerprint density at radius 3 is 2.38 bits per heavy atom. The number of fused-ring (bicyclic) bond motifs is 5. The summed E-state index contributed by atoms with van der Waals surface area (Å²) in [5.41, 5.74) is 33.3. The van der Waals surface area contributed by atoms with E-state index < -0.39 is 91.5 Å². The molecule has 6 aliphatic rings. The van der Waals surface area contributed by atoms with Crippen molar-refractivity contribution in [1.82, 2.24) is 35.1 Å². The van der Waals surface area contributed by atoms with Crippen LogP contribution in [-0.4, -0.2) is 169 Å². The van der Waals surface area contributed by atoms with Gasteiger partial charge in [0.15, 0.2) is 6.23 Å². The van der Waals surface area contributed by atoms with E-state index in [9.17, 15) is 58.2 Å². The van der Waals surface area contributed by atoms with Crippen LogP contribution in [0.4, 0.5) is 11.5 Å². The lowest BCUT2D eigenvalue weighted by Crippen LogP contribution is -2.45. The smallest absolute Gasteiger partial charge is 0.488 e. The minimum Gasteiger partial charge on any atom is -0.491 e. The fraction of sp³-hybridized carbons (Fsp3) is 0.422. The number of aromatic carboxylic acids is 1. The van der Waals surface area contributed by atoms with Crippen LogP contribution in [0, 0.1) is 11.8 Å². The number of phosphoric acid groups is 2. The van der Waals surface area contributed by atoms with Crippen molar-refractivity contribution in [3.05, 3.63) is 154 Å². The van der Waals surface area contributed by atoms with Gasteiger partial charge in [-0.3, -0.25) is 23.5 Å². The van der Waals surface area contributed by atoms with E-state index in [2.05, 4.69) is 88.0 Å². The molecular formula is C64H71N15O20P3+. The number of carbonyl (C=O) groups is 4. The number of rotatable bonds is 29. The number of aryl methyl sites for hydroxylation is 2. The van der Waals surface area contributed by atoms with Gasteiger partial charge < -0.3 is 79.4 Å². The number of nitrogens with zero attached hydrogens (tertiary/aromatic N) is 11. The first kappa shape index (κ1) is 72.5. The minimum absolute atomic E-state index is 0.0207. The van der Waals surface area contributed by atoms with E-state index in [1.54, 1.807) is 24.3 Å². The Labute approximate surface area is 580 Å². The monoisotopic (exact) mass is 1460 g/mol. The summed E-state index contributed by atoms with van der Waals surface area (Å²) in [7, 11) is -15.7. The van der Waals surface area contributed by atoms with Crippen LogP contribution < -0.4 is 51.2 Å². The molecule has 0 bridgehead atoms. The quantitative estimate of drug-likeness (QED) is 0.00543. The number of hydrogen-bond donors (Lipinski definition) is 8. The summed E-state index contributed by atoms with van der Waals surface area (Å²) in [6, 6.07) is 15.3. The lowest BCUT2D eigenvalue weighted by Gasteiger charge is -2.39. The molecule has 6 aliphatic heterocycles. The van der Waals surface area contributed by atoms with Crippen LogP contribution in [0.1, 0.15) is 108 Å². The van der Waals surface area contributed by atoms with Gasteiger partial charge >= 0.3 is 29.2 Å². The number of carbonyl (C=O) groups excluding carboxylic acids is 3. The predicted octanol–water partition coefficient (Wildman–Crippen LogP) is 5.53. The Morgan fingerprint density at radius 1 is 0.863 bits per heavy atom. The summed E-state index contributed by atoms with van der Waals surface area (Å²) in [5, 5.41) is 28.4. The number of nitrogen functional groups attached to an aromatic ring is 1. The molecule has 12 rings (SSSR count). The molecule has 5 unspecified atom stereocenters. The summed E-state index contributed by atoms with van der Waals surface area (Å²) in [6.07, 6.45) is 5.69. The van der Waals surface area contributed by atoms with E-state index in [1.807, 2.05) is 0 Å². The largest absolute Gasteiger partial charge is 0.491 e. The molecule has 0 radical (unpaired) electrons. The van der Waals surface area contributed by atoms with Gasteiger partial charge in [0.2, 0.25) is 11.3 Å². The molecule has 8 heterocycles. The summed E-state index contributed by atoms with van der Waals surface area (Å²) in [5.74, 6) is 4.90. The number of hydrogen-bond acceptors (Lipinski definition) is 22. The third kappa shape index (κ3) is 16.8. The number of carboxylic acid groups (broad SMARTS) is 1. The third-order valence-electron chi connectivity index (χ3n) is 17.6. The first-order chi connectivity index (χ1) is 49.1. The maximum atomic E-state index is 14.1. The van der Waals surface area contributed by atoms with E-state index in [0.717, 1.165) is 117 Å². The topological polar surface area (TPSA) is 480 Å². The van der Waals surface area contributed by atoms with Crippen molar-refractivity contribution in [3.63, 3.8) is 0 Å². The highest BCUT2D eigenvalue weighted by Gasteiger charge is 2.44. The highest BCUT2D eigenvalue weighted by Crippen LogP contribution is 2.66. The summed E-state index contributed by atoms with van der Waals surface area (Å²) in [6.45, 7) is 2.08. The van der Waals surface area contributed by atoms with E-state index in [0.29, 0.717) is 12.2 Å². The normalized spacial score (nSPS) is 19.0. The molecule has 102 heavy (non-hydrogen) atoms. The zero-order chi connectivity index (χ0) is 71.9. The van der Waals surface area contributed by atoms with Crippen molar-refractivity contribution in [2.24, 2.45) is 10.2 Å². The van der Waals surface area contributed by atoms with Crippen LogP contribution in [0.25, 0.3) is 37.5 Å². The van der Waals surface area contributed by atoms with Gasteiger partial charge in [0.1, 0.15) is 80.4 Å². The van der Waals surface area contributed by atoms with Crippen LogP contribution in [0.15, 0.2) is 77.3 Å². The van der Waals surface area contributed by atoms with Crippen molar-refractivity contribution in [3.8, 4) is 29.1 Å². The van der Waals surface area contributed by atoms with Gasteiger partial charge in [-0.25, -0.2) is 32.8 Å². The second-order valence-electron chi connectivity index (χ2n) is 24.5. The second-order valence-corrected chi connectivity index (χ2v) is 29.5. The Balaban J connectivity index is 0.611. The van der Waals surface area contributed by atoms with Gasteiger partial charge in [-0.1, -0.05) is 28.1 Å². The maximum Gasteiger partial charge on any atom is 0.488 e. The molecule has 9 N–H and O–H groups in total. The predicted molar refractivity (Wildman–Crippen MR) is 363 cm³/mol. The third-order valence-corrected chi connectivity index (χ3v) is 21.8. The molecule has 35 nitrogen and oxygen atoms in total. The van der Waals surface area contributed by atoms with Gasteiger partial charge in [-0.05, 0) is 109 Å². The highest BCUT2D eigenvalue weighted by molar-refractivity contribution is 7.68. The minimum atomic E-state index is -5.58. The van der Waals surface area contributed by atoms with E-state index >= 15 is 0 Å². The summed E-state index contributed by atoms with van der Waals surface area (Å²) < 4.78 is 88.8. The molecule has 3 amide bonds. The van der Waals surface area contributed by atoms with Crippen molar-refractivity contribution < 1.29 is 94.2 Å². The lowest BCUT2D eigenvalue weighted by molar-refractivity contribution is -0.126. The molecule has 0 spiro atoms. The lowest BCUT2D eigenvalue weighted by atomic mass is 9.81. The molecule has 6 aromatic rings. The number of nitrogens with two attached hydrogens (primary N) is 1. The first-order valence-corrected chi connectivity index (χ1v) is 37.6. The number of amides is 3. The number of carboxylic acids is 1. The molecule has 536 valence electrons. The number of ether oxygens (including phenoxy) is 6. The number of azide groups is 2. The van der Waals surface area contributed by atoms with Crippen LogP contribution in [-0.2, 0) is 76.3 Å². The summed E-state index contributed by atoms with van der Waals surface area (Å²) in [4.78, 5) is 98.9. The molecular weight excluding hydrogens is 1390 g/mol. The molecule has 1 saturated heterocycles. The van der Waals surface area contributed by atoms with Gasteiger partial charge in [0.05, 0.1) is 54.5 Å². The molecule has 38 heteroatoms. The number of aromatic nitrogens is 3. The van der Waals surface area contributed by atoms with Gasteiger partial charge in [0, 0.05) is 112 Å². The Hall–Kier alpha value is -9.28. The Bertz CT molecular complexity index is 4790. The fourth-order valence-corrected chi connectivity index (χ4v) is 17.0. The average molecular weight is 1460 g/mol. The Kier molecular flexibility index (Phi) is 22.4. The molecule has 0 aliphatic carbocycles. The zero-order valence-corrected chi connectivity index (χ0v) is 57.6. The number of benzene rings is 4. The van der Waals surface area contributed by atoms with Crippen LogP contribution in [0.5, 0.6) is 17.2 Å². The first-order valence-electron chi connectivity index (χ1n) is 32.6. The van der Waals surface area contributed by atoms with Crippen molar-refractivity contribution in [2.75, 3.05) is 103 Å². The maximum absolute atomic E-state index is 14.1. The van der Waals surface area contributed by atoms with E-state index in [4.69, 9.17) is 44.2 Å². The van der Waals surface area contributed by atoms with Crippen LogP contribution >= 0.6 is 23.2 Å². The molecule has 4 aromatic carbocycles. The number of nitrogens with one attached hydrogen (secondary N) is 3. The second kappa shape index (κ2) is 31.5. The van der Waals surface area contributed by atoms with Crippen molar-refractivity contribution in [1.29, 1.82) is 0 Å². The van der Waals surface area contributed by atoms with Crippen molar-refractivity contribution in [2.45, 2.75) is 82.5 Å². The number of phosphoric ester groups is 1. The molecule has 2 aromatic heterocycles. The van der Waals surface area contributed by atoms with Gasteiger partial charge in [-0.2, -0.15) is 4.31 Å². The number of anilines is 2. The van der Waals surface area contributed by atoms with Gasteiger partial charge in [-0.15, -0.1) is 0 Å². The highest BCUT2D eigenvalue weighted by atomic mass is 31.3. The zero-order valence-electron chi connectivity index (χ0n) is 54.9. The average Bonchev–Trinajstić information content (AvgIpc) is 1.34. The SMILES string of the molecule is CP(=O)(O)OP(=O)(O)OP(=O)(O)OC[C@H]1O[C@@H](n2cc(C#CCNC(=O)COCCOC(COc3cccc(C(=O)NCCNC(=O)c4ccc(C(=O)O)c(C5=c6cc7c8c(c6Oc6c5cc5c9c6CCCN9CCC5)CCC[N+]=8CCC7)c4)c3)N=[N+]=[N-])c3c(N)ncnc32)CC1OCN=[N+]=[N-]. The van der Waals surface area contributed by atoms with Crippen LogP contribution in [0.3, 0.4) is 0 Å². The van der Waals surface area contributed by atoms with Crippen molar-refractivity contribution >= 4 is 75.0 Å². The molecule has 0 saturated carbocycles. The summed E-state index contributed by atoms with van der Waals surface area (Å²) >= 11 is 0. The van der Waals surface area contributed by atoms with Gasteiger partial charge in [0.25, 0.3) is 11.8 Å². The van der Waals surface area contributed by atoms with Crippen LogP contribution in [0.2, 0.25) is 0 Å². The van der Waals surface area contributed by atoms with E-state index in [1.165, 1.54) is 57.5 Å². The molecule has 1 fully saturated rings. The molecule has 7 atom stereocenters. The van der Waals surface area contributed by atoms with E-state index in [-0.39, 0.29) is 90.7 Å². The standard InChI is InChI=1S/C64H70N15O20P3/c1-100(85,86)98-102(89,90)99-101(87,88)95-32-50-49(94-36-73-75-66)30-53(96-50)79-31-41(54-60(65)71-35-72-61(54)79)9-3-17-68-51(80)33-91-24-25-92-52(74-76-67)34-93-42-12-2-8-39(26-42)62(81)69-18-19-70-63(82)40-15-16-43(64(83)84)46(29-40)55-47-27-37-10-4-20-77-22-6-13-44(56(37)77)58(47)97-59-45-14-7-23-78-21-5-11-38(57(45)78)28-48(55)59/h2,8,12,15-16,26-29,31,35,49-50,52-53H,4-7,10-11,13-14,17-25,30,32-34,36H2,1H3,(H8-,65,68,69,70,71,72,80,81,82,83,84,85,86,87,88,89,90)/p+1/t49?,50-,52?,53-/m1/s1. The Morgan fingerprint density at radius 2 is 1.62 bits per heavy atom. The fourth-order valence-electron chi connectivity index (χ4n) is 13.5.